The molecule has 10 heteroatoms. The number of nitriles is 1. The van der Waals surface area contributed by atoms with Crippen molar-refractivity contribution in [3.63, 3.8) is 0 Å². The van der Waals surface area contributed by atoms with Crippen molar-refractivity contribution in [1.29, 1.82) is 5.26 Å². The number of aryl methyl sites for hydroxylation is 1. The van der Waals surface area contributed by atoms with Gasteiger partial charge in [0.15, 0.2) is 0 Å². The van der Waals surface area contributed by atoms with Crippen LogP contribution in [0.25, 0.3) is 11.5 Å². The van der Waals surface area contributed by atoms with Crippen LogP contribution < -0.4 is 5.32 Å². The van der Waals surface area contributed by atoms with Crippen LogP contribution >= 0.6 is 0 Å². The molecule has 0 unspecified atom stereocenters. The normalized spacial score (nSPS) is 15.5. The molecule has 0 saturated carbocycles. The fraction of sp³-hybridized carbons (Fsp3) is 0.409. The van der Waals surface area contributed by atoms with Gasteiger partial charge in [-0.15, -0.1) is 0 Å². The molecule has 0 spiro atoms. The van der Waals surface area contributed by atoms with Crippen LogP contribution in [0.5, 0.6) is 0 Å². The van der Waals surface area contributed by atoms with Crippen LogP contribution in [-0.4, -0.2) is 46.9 Å². The topological polar surface area (TPSA) is 117 Å². The molecule has 0 bridgehead atoms. The van der Waals surface area contributed by atoms with Crippen molar-refractivity contribution in [3.05, 3.63) is 48.7 Å². The summed E-state index contributed by atoms with van der Waals surface area (Å²) < 4.78 is 35.1. The molecule has 3 heterocycles. The maximum absolute atomic E-state index is 12.9. The largest absolute Gasteiger partial charge is 0.419 e. The van der Waals surface area contributed by atoms with E-state index >= 15 is 0 Å². The van der Waals surface area contributed by atoms with E-state index in [1.165, 1.54) is 0 Å². The number of aromatic nitrogens is 3. The zero-order chi connectivity index (χ0) is 22.6. The van der Waals surface area contributed by atoms with Crippen molar-refractivity contribution in [1.82, 2.24) is 18.8 Å². The van der Waals surface area contributed by atoms with E-state index in [0.29, 0.717) is 37.0 Å². The van der Waals surface area contributed by atoms with Gasteiger partial charge in [-0.2, -0.15) is 14.6 Å². The lowest BCUT2D eigenvalue weighted by molar-refractivity contribution is 0.288. The van der Waals surface area contributed by atoms with E-state index in [-0.39, 0.29) is 16.5 Å². The molecule has 0 radical (unpaired) electrons. The fourth-order valence-corrected chi connectivity index (χ4v) is 5.14. The molecule has 168 valence electrons. The number of nitrogens with one attached hydrogen (secondary N) is 1. The first-order valence-corrected chi connectivity index (χ1v) is 12.1. The minimum Gasteiger partial charge on any atom is -0.419 e. The Morgan fingerprint density at radius 3 is 2.66 bits per heavy atom. The van der Waals surface area contributed by atoms with Gasteiger partial charge in [0.2, 0.25) is 27.5 Å². The molecule has 0 atom stereocenters. The van der Waals surface area contributed by atoms with Crippen molar-refractivity contribution in [2.24, 2.45) is 5.92 Å². The van der Waals surface area contributed by atoms with E-state index in [4.69, 9.17) is 4.42 Å². The van der Waals surface area contributed by atoms with Crippen molar-refractivity contribution >= 4 is 15.9 Å². The van der Waals surface area contributed by atoms with E-state index in [1.54, 1.807) is 41.1 Å². The summed E-state index contributed by atoms with van der Waals surface area (Å²) in [5.41, 5.74) is 0.779. The van der Waals surface area contributed by atoms with Gasteiger partial charge in [-0.05, 0) is 49.4 Å². The highest BCUT2D eigenvalue weighted by Crippen LogP contribution is 2.28. The summed E-state index contributed by atoms with van der Waals surface area (Å²) in [6, 6.07) is 8.49. The van der Waals surface area contributed by atoms with E-state index in [0.717, 1.165) is 25.8 Å². The third-order valence-corrected chi connectivity index (χ3v) is 7.57. The lowest BCUT2D eigenvalue weighted by Gasteiger charge is -2.29. The first kappa shape index (κ1) is 22.0. The second kappa shape index (κ2) is 9.54. The summed E-state index contributed by atoms with van der Waals surface area (Å²) >= 11 is 0. The van der Waals surface area contributed by atoms with Crippen LogP contribution in [0.1, 0.15) is 31.9 Å². The maximum Gasteiger partial charge on any atom is 0.243 e. The molecule has 32 heavy (non-hydrogen) atoms. The Morgan fingerprint density at radius 1 is 1.25 bits per heavy atom. The van der Waals surface area contributed by atoms with Gasteiger partial charge < -0.3 is 14.3 Å². The van der Waals surface area contributed by atoms with Crippen LogP contribution in [0, 0.1) is 17.2 Å². The summed E-state index contributed by atoms with van der Waals surface area (Å²) in [5, 5.41) is 12.5. The SMILES string of the molecule is CC1CCN(S(=O)(=O)c2ccc(-c3nc(C#N)c(NCCCn4ccnc4)o3)cc2)CC1. The lowest BCUT2D eigenvalue weighted by atomic mass is 10.0. The third-order valence-electron chi connectivity index (χ3n) is 5.65. The van der Waals surface area contributed by atoms with Gasteiger partial charge in [-0.1, -0.05) is 6.92 Å². The van der Waals surface area contributed by atoms with Crippen LogP contribution in [0.15, 0.2) is 52.3 Å². The number of hydrogen-bond acceptors (Lipinski definition) is 7. The highest BCUT2D eigenvalue weighted by Gasteiger charge is 2.28. The van der Waals surface area contributed by atoms with Crippen LogP contribution in [0.2, 0.25) is 0 Å². The molecule has 1 saturated heterocycles. The van der Waals surface area contributed by atoms with Crippen molar-refractivity contribution in [2.45, 2.75) is 37.6 Å². The molecule has 1 fully saturated rings. The zero-order valence-corrected chi connectivity index (χ0v) is 18.8. The quantitative estimate of drug-likeness (QED) is 0.519. The molecule has 3 aromatic rings. The maximum atomic E-state index is 12.9. The summed E-state index contributed by atoms with van der Waals surface area (Å²) in [4.78, 5) is 8.51. The summed E-state index contributed by atoms with van der Waals surface area (Å²) in [6.07, 6.45) is 7.95. The smallest absolute Gasteiger partial charge is 0.243 e. The number of nitrogens with zero attached hydrogens (tertiary/aromatic N) is 5. The Balaban J connectivity index is 1.43. The predicted octanol–water partition coefficient (Wildman–Crippen LogP) is 3.33. The van der Waals surface area contributed by atoms with Gasteiger partial charge in [0, 0.05) is 44.1 Å². The summed E-state index contributed by atoms with van der Waals surface area (Å²) in [7, 11) is -3.51. The summed E-state index contributed by atoms with van der Waals surface area (Å²) in [6.45, 7) is 4.64. The second-order valence-corrected chi connectivity index (χ2v) is 9.94. The number of sulfonamides is 1. The molecule has 1 aromatic carbocycles. The van der Waals surface area contributed by atoms with E-state index < -0.39 is 10.0 Å². The first-order chi connectivity index (χ1) is 15.5. The molecule has 2 aromatic heterocycles. The van der Waals surface area contributed by atoms with Gasteiger partial charge in [0.05, 0.1) is 11.2 Å². The number of hydrogen-bond donors (Lipinski definition) is 1. The third kappa shape index (κ3) is 4.84. The van der Waals surface area contributed by atoms with E-state index in [1.807, 2.05) is 16.8 Å². The molecular formula is C22H26N6O3S. The monoisotopic (exact) mass is 454 g/mol. The average Bonchev–Trinajstić information content (AvgIpc) is 3.47. The number of rotatable bonds is 8. The minimum absolute atomic E-state index is 0.168. The molecule has 4 rings (SSSR count). The number of oxazole rings is 1. The van der Waals surface area contributed by atoms with E-state index in [2.05, 4.69) is 22.2 Å². The fourth-order valence-electron chi connectivity index (χ4n) is 3.67. The first-order valence-electron chi connectivity index (χ1n) is 10.7. The molecule has 0 aliphatic carbocycles. The van der Waals surface area contributed by atoms with Crippen LogP contribution in [0.4, 0.5) is 5.88 Å². The standard InChI is InChI=1S/C22H26N6O3S/c1-17-7-12-28(13-8-17)32(29,30)19-5-3-18(4-6-19)21-26-20(15-23)22(31-21)25-9-2-11-27-14-10-24-16-27/h3-6,10,14,16-17,25H,2,7-9,11-13H2,1H3. The number of anilines is 1. The molecule has 9 nitrogen and oxygen atoms in total. The van der Waals surface area contributed by atoms with Crippen molar-refractivity contribution < 1.29 is 12.8 Å². The van der Waals surface area contributed by atoms with Crippen LogP contribution in [-0.2, 0) is 16.6 Å². The Hall–Kier alpha value is -3.16. The molecule has 1 N–H and O–H groups in total. The van der Waals surface area contributed by atoms with E-state index in [9.17, 15) is 13.7 Å². The Morgan fingerprint density at radius 2 is 2.00 bits per heavy atom. The van der Waals surface area contributed by atoms with Crippen molar-refractivity contribution in [3.8, 4) is 17.5 Å². The van der Waals surface area contributed by atoms with Gasteiger partial charge in [-0.3, -0.25) is 0 Å². The van der Waals surface area contributed by atoms with Gasteiger partial charge in [-0.25, -0.2) is 13.4 Å². The molecular weight excluding hydrogens is 428 g/mol. The number of imidazole rings is 1. The van der Waals surface area contributed by atoms with Crippen LogP contribution in [0.3, 0.4) is 0 Å². The minimum atomic E-state index is -3.51. The average molecular weight is 455 g/mol. The number of benzene rings is 1. The highest BCUT2D eigenvalue weighted by atomic mass is 32.2. The molecule has 1 aliphatic rings. The zero-order valence-electron chi connectivity index (χ0n) is 17.9. The highest BCUT2D eigenvalue weighted by molar-refractivity contribution is 7.89. The van der Waals surface area contributed by atoms with Gasteiger partial charge in [0.25, 0.3) is 0 Å². The Bertz CT molecular complexity index is 1170. The van der Waals surface area contributed by atoms with Gasteiger partial charge >= 0.3 is 0 Å². The van der Waals surface area contributed by atoms with Crippen molar-refractivity contribution in [2.75, 3.05) is 25.0 Å². The summed E-state index contributed by atoms with van der Waals surface area (Å²) in [5.74, 6) is 1.14. The van der Waals surface area contributed by atoms with Gasteiger partial charge in [0.1, 0.15) is 6.07 Å². The Kier molecular flexibility index (Phi) is 6.58. The Labute approximate surface area is 187 Å². The lowest BCUT2D eigenvalue weighted by Crippen LogP contribution is -2.37. The number of piperidine rings is 1. The molecule has 1 aliphatic heterocycles. The molecule has 0 amide bonds. The second-order valence-electron chi connectivity index (χ2n) is 8.00. The predicted molar refractivity (Wildman–Crippen MR) is 119 cm³/mol.